The Labute approximate surface area is 162 Å². The van der Waals surface area contributed by atoms with E-state index in [1.807, 2.05) is 41.3 Å². The number of piperazine rings is 1. The fourth-order valence-electron chi connectivity index (χ4n) is 3.48. The number of benzene rings is 2. The monoisotopic (exact) mass is 366 g/mol. The third-order valence-electron chi connectivity index (χ3n) is 5.20. The first kappa shape index (κ1) is 19.5. The van der Waals surface area contributed by atoms with Crippen LogP contribution in [-0.2, 0) is 11.3 Å². The molecule has 0 aliphatic carbocycles. The van der Waals surface area contributed by atoms with Gasteiger partial charge in [0.2, 0.25) is 5.91 Å². The zero-order valence-corrected chi connectivity index (χ0v) is 16.1. The number of carbonyl (C=O) groups is 1. The molecule has 1 saturated heterocycles. The van der Waals surface area contributed by atoms with E-state index in [0.717, 1.165) is 51.4 Å². The highest BCUT2D eigenvalue weighted by molar-refractivity contribution is 5.83. The highest BCUT2D eigenvalue weighted by Gasteiger charge is 2.26. The number of amides is 1. The SMILES string of the molecule is CN(CCN1CCN(C(=O)C(N)c2ccccc2)CC1)Cc1ccccc1. The van der Waals surface area contributed by atoms with Gasteiger partial charge in [0.15, 0.2) is 0 Å². The Morgan fingerprint density at radius 1 is 1.00 bits per heavy atom. The molecule has 1 aliphatic rings. The minimum absolute atomic E-state index is 0.0297. The summed E-state index contributed by atoms with van der Waals surface area (Å²) >= 11 is 0. The van der Waals surface area contributed by atoms with E-state index in [2.05, 4.69) is 41.1 Å². The van der Waals surface area contributed by atoms with E-state index in [4.69, 9.17) is 5.73 Å². The smallest absolute Gasteiger partial charge is 0.244 e. The topological polar surface area (TPSA) is 52.8 Å². The van der Waals surface area contributed by atoms with E-state index in [1.54, 1.807) is 0 Å². The van der Waals surface area contributed by atoms with Crippen LogP contribution >= 0.6 is 0 Å². The van der Waals surface area contributed by atoms with Crippen molar-refractivity contribution in [3.05, 3.63) is 71.8 Å². The van der Waals surface area contributed by atoms with Gasteiger partial charge in [-0.25, -0.2) is 0 Å². The summed E-state index contributed by atoms with van der Waals surface area (Å²) in [5.41, 5.74) is 8.38. The van der Waals surface area contributed by atoms with Crippen LogP contribution < -0.4 is 5.73 Å². The molecule has 3 rings (SSSR count). The molecule has 144 valence electrons. The van der Waals surface area contributed by atoms with Crippen LogP contribution in [-0.4, -0.2) is 66.9 Å². The summed E-state index contributed by atoms with van der Waals surface area (Å²) in [5.74, 6) is 0.0297. The number of likely N-dealkylation sites (N-methyl/N-ethyl adjacent to an activating group) is 1. The van der Waals surface area contributed by atoms with E-state index in [-0.39, 0.29) is 5.91 Å². The first-order valence-electron chi connectivity index (χ1n) is 9.67. The first-order valence-corrected chi connectivity index (χ1v) is 9.67. The molecule has 1 atom stereocenters. The number of carbonyl (C=O) groups excluding carboxylic acids is 1. The molecule has 2 N–H and O–H groups in total. The number of hydrogen-bond donors (Lipinski definition) is 1. The maximum atomic E-state index is 12.6. The minimum atomic E-state index is -0.560. The predicted molar refractivity (Wildman–Crippen MR) is 109 cm³/mol. The zero-order chi connectivity index (χ0) is 19.1. The summed E-state index contributed by atoms with van der Waals surface area (Å²) in [4.78, 5) is 19.3. The second kappa shape index (κ2) is 9.65. The Balaban J connectivity index is 1.40. The third kappa shape index (κ3) is 5.63. The largest absolute Gasteiger partial charge is 0.338 e. The summed E-state index contributed by atoms with van der Waals surface area (Å²) in [7, 11) is 2.16. The maximum absolute atomic E-state index is 12.6. The van der Waals surface area contributed by atoms with Crippen LogP contribution in [0.4, 0.5) is 0 Å². The second-order valence-corrected chi connectivity index (χ2v) is 7.28. The summed E-state index contributed by atoms with van der Waals surface area (Å²) < 4.78 is 0. The van der Waals surface area contributed by atoms with Gasteiger partial charge in [-0.3, -0.25) is 9.69 Å². The van der Waals surface area contributed by atoms with Gasteiger partial charge >= 0.3 is 0 Å². The predicted octanol–water partition coefficient (Wildman–Crippen LogP) is 1.96. The lowest BCUT2D eigenvalue weighted by molar-refractivity contribution is -0.134. The summed E-state index contributed by atoms with van der Waals surface area (Å²) in [6.07, 6.45) is 0. The van der Waals surface area contributed by atoms with Gasteiger partial charge < -0.3 is 15.5 Å². The second-order valence-electron chi connectivity index (χ2n) is 7.28. The van der Waals surface area contributed by atoms with Crippen molar-refractivity contribution in [1.82, 2.24) is 14.7 Å². The Morgan fingerprint density at radius 2 is 1.59 bits per heavy atom. The highest BCUT2D eigenvalue weighted by Crippen LogP contribution is 2.14. The molecule has 1 aliphatic heterocycles. The minimum Gasteiger partial charge on any atom is -0.338 e. The van der Waals surface area contributed by atoms with E-state index < -0.39 is 6.04 Å². The molecule has 2 aromatic carbocycles. The molecule has 1 unspecified atom stereocenters. The molecule has 5 nitrogen and oxygen atoms in total. The highest BCUT2D eigenvalue weighted by atomic mass is 16.2. The van der Waals surface area contributed by atoms with Crippen molar-refractivity contribution in [3.8, 4) is 0 Å². The lowest BCUT2D eigenvalue weighted by atomic mass is 10.1. The quantitative estimate of drug-likeness (QED) is 0.814. The molecule has 2 aromatic rings. The summed E-state index contributed by atoms with van der Waals surface area (Å²) in [6.45, 7) is 6.33. The van der Waals surface area contributed by atoms with Crippen molar-refractivity contribution in [2.24, 2.45) is 5.73 Å². The van der Waals surface area contributed by atoms with Gasteiger partial charge in [0.05, 0.1) is 0 Å². The Morgan fingerprint density at radius 3 is 2.22 bits per heavy atom. The fourth-order valence-corrected chi connectivity index (χ4v) is 3.48. The Bertz CT molecular complexity index is 699. The standard InChI is InChI=1S/C22H30N4O/c1-24(18-19-8-4-2-5-9-19)12-13-25-14-16-26(17-15-25)22(27)21(23)20-10-6-3-7-11-20/h2-11,21H,12-18,23H2,1H3. The van der Waals surface area contributed by atoms with Gasteiger partial charge in [0.25, 0.3) is 0 Å². The van der Waals surface area contributed by atoms with Crippen molar-refractivity contribution < 1.29 is 4.79 Å². The van der Waals surface area contributed by atoms with Crippen molar-refractivity contribution in [3.63, 3.8) is 0 Å². The Hall–Kier alpha value is -2.21. The fraction of sp³-hybridized carbons (Fsp3) is 0.409. The molecule has 0 saturated carbocycles. The van der Waals surface area contributed by atoms with Gasteiger partial charge in [-0.1, -0.05) is 60.7 Å². The van der Waals surface area contributed by atoms with Crippen LogP contribution in [0, 0.1) is 0 Å². The average Bonchev–Trinajstić information content (AvgIpc) is 2.73. The van der Waals surface area contributed by atoms with Crippen molar-refractivity contribution >= 4 is 5.91 Å². The summed E-state index contributed by atoms with van der Waals surface area (Å²) in [6, 6.07) is 19.6. The molecule has 0 radical (unpaired) electrons. The van der Waals surface area contributed by atoms with Gasteiger partial charge in [-0.2, -0.15) is 0 Å². The van der Waals surface area contributed by atoms with Crippen LogP contribution in [0.1, 0.15) is 17.2 Å². The molecule has 1 heterocycles. The number of rotatable bonds is 7. The molecule has 0 aromatic heterocycles. The molecule has 27 heavy (non-hydrogen) atoms. The Kier molecular flexibility index (Phi) is 6.98. The molecule has 1 amide bonds. The zero-order valence-electron chi connectivity index (χ0n) is 16.1. The van der Waals surface area contributed by atoms with Crippen molar-refractivity contribution in [2.75, 3.05) is 46.3 Å². The van der Waals surface area contributed by atoms with Gasteiger partial charge in [-0.05, 0) is 18.2 Å². The van der Waals surface area contributed by atoms with Crippen LogP contribution in [0.5, 0.6) is 0 Å². The number of hydrogen-bond acceptors (Lipinski definition) is 4. The van der Waals surface area contributed by atoms with E-state index in [0.29, 0.717) is 0 Å². The number of nitrogens with zero attached hydrogens (tertiary/aromatic N) is 3. The van der Waals surface area contributed by atoms with Gasteiger partial charge in [0.1, 0.15) is 6.04 Å². The molecule has 5 heteroatoms. The van der Waals surface area contributed by atoms with Gasteiger partial charge in [-0.15, -0.1) is 0 Å². The third-order valence-corrected chi connectivity index (χ3v) is 5.20. The van der Waals surface area contributed by atoms with Crippen molar-refractivity contribution in [1.29, 1.82) is 0 Å². The molecular weight excluding hydrogens is 336 g/mol. The van der Waals surface area contributed by atoms with Crippen molar-refractivity contribution in [2.45, 2.75) is 12.6 Å². The van der Waals surface area contributed by atoms with E-state index >= 15 is 0 Å². The van der Waals surface area contributed by atoms with E-state index in [1.165, 1.54) is 5.56 Å². The number of nitrogens with two attached hydrogens (primary N) is 1. The van der Waals surface area contributed by atoms with Gasteiger partial charge in [0, 0.05) is 45.8 Å². The molecule has 1 fully saturated rings. The first-order chi connectivity index (χ1) is 13.1. The molecule has 0 bridgehead atoms. The normalized spacial score (nSPS) is 16.5. The average molecular weight is 367 g/mol. The van der Waals surface area contributed by atoms with Crippen LogP contribution in [0.25, 0.3) is 0 Å². The lowest BCUT2D eigenvalue weighted by Gasteiger charge is -2.36. The van der Waals surface area contributed by atoms with Crippen LogP contribution in [0.3, 0.4) is 0 Å². The lowest BCUT2D eigenvalue weighted by Crippen LogP contribution is -2.52. The molecular formula is C22H30N4O. The van der Waals surface area contributed by atoms with E-state index in [9.17, 15) is 4.79 Å². The van der Waals surface area contributed by atoms with Crippen LogP contribution in [0.15, 0.2) is 60.7 Å². The summed E-state index contributed by atoms with van der Waals surface area (Å²) in [5, 5.41) is 0. The maximum Gasteiger partial charge on any atom is 0.244 e. The van der Waals surface area contributed by atoms with Crippen LogP contribution in [0.2, 0.25) is 0 Å². The molecule has 0 spiro atoms.